The largest absolute Gasteiger partial charge is 0.504 e. The molecule has 0 amide bonds. The standard InChI is InChI=1S/C21H21NO3/c1-21(2,3)17-8-6-15(7-9-17)20(24)16(13-22)11-14-5-10-18(23)19(12-14)25-4/h5-12,23H,1-4H3/b16-11+. The Labute approximate surface area is 148 Å². The molecule has 0 heterocycles. The third-order valence-electron chi connectivity index (χ3n) is 3.89. The molecule has 0 unspecified atom stereocenters. The molecule has 0 aliphatic carbocycles. The van der Waals surface area contributed by atoms with Crippen LogP contribution in [0.15, 0.2) is 48.0 Å². The summed E-state index contributed by atoms with van der Waals surface area (Å²) >= 11 is 0. The van der Waals surface area contributed by atoms with E-state index >= 15 is 0 Å². The average molecular weight is 335 g/mol. The van der Waals surface area contributed by atoms with Crippen molar-refractivity contribution in [2.45, 2.75) is 26.2 Å². The van der Waals surface area contributed by atoms with Crippen LogP contribution in [0.4, 0.5) is 0 Å². The number of hydrogen-bond acceptors (Lipinski definition) is 4. The lowest BCUT2D eigenvalue weighted by Crippen LogP contribution is -2.11. The molecule has 0 radical (unpaired) electrons. The second-order valence-corrected chi connectivity index (χ2v) is 6.76. The number of carbonyl (C=O) groups excluding carboxylic acids is 1. The van der Waals surface area contributed by atoms with Crippen molar-refractivity contribution >= 4 is 11.9 Å². The summed E-state index contributed by atoms with van der Waals surface area (Å²) in [6.45, 7) is 6.30. The van der Waals surface area contributed by atoms with E-state index in [0.29, 0.717) is 11.1 Å². The van der Waals surface area contributed by atoms with E-state index in [4.69, 9.17) is 4.74 Å². The summed E-state index contributed by atoms with van der Waals surface area (Å²) in [6, 6.07) is 13.9. The minimum Gasteiger partial charge on any atom is -0.504 e. The first-order valence-corrected chi connectivity index (χ1v) is 7.90. The Kier molecular flexibility index (Phi) is 5.29. The van der Waals surface area contributed by atoms with Gasteiger partial charge in [-0.05, 0) is 34.8 Å². The van der Waals surface area contributed by atoms with Crippen molar-refractivity contribution in [2.24, 2.45) is 0 Å². The first-order chi connectivity index (χ1) is 11.8. The lowest BCUT2D eigenvalue weighted by atomic mass is 9.86. The molecule has 0 aliphatic rings. The van der Waals surface area contributed by atoms with Crippen LogP contribution in [0.1, 0.15) is 42.3 Å². The number of phenolic OH excluding ortho intramolecular Hbond substituents is 1. The summed E-state index contributed by atoms with van der Waals surface area (Å²) in [7, 11) is 1.44. The monoisotopic (exact) mass is 335 g/mol. The number of nitriles is 1. The maximum absolute atomic E-state index is 12.6. The maximum Gasteiger partial charge on any atom is 0.203 e. The number of rotatable bonds is 4. The van der Waals surface area contributed by atoms with E-state index in [0.717, 1.165) is 5.56 Å². The fourth-order valence-corrected chi connectivity index (χ4v) is 2.38. The van der Waals surface area contributed by atoms with Gasteiger partial charge in [-0.25, -0.2) is 0 Å². The van der Waals surface area contributed by atoms with E-state index < -0.39 is 0 Å². The van der Waals surface area contributed by atoms with Gasteiger partial charge >= 0.3 is 0 Å². The Hall–Kier alpha value is -3.06. The van der Waals surface area contributed by atoms with Gasteiger partial charge in [-0.1, -0.05) is 51.1 Å². The Morgan fingerprint density at radius 3 is 2.32 bits per heavy atom. The summed E-state index contributed by atoms with van der Waals surface area (Å²) in [5.74, 6) is -0.0507. The molecule has 0 atom stereocenters. The van der Waals surface area contributed by atoms with Crippen LogP contribution in [0, 0.1) is 11.3 Å². The Morgan fingerprint density at radius 2 is 1.80 bits per heavy atom. The molecule has 2 rings (SSSR count). The van der Waals surface area contributed by atoms with Crippen molar-refractivity contribution in [3.05, 3.63) is 64.7 Å². The predicted molar refractivity (Wildman–Crippen MR) is 97.7 cm³/mol. The molecule has 0 saturated carbocycles. The zero-order valence-electron chi connectivity index (χ0n) is 14.8. The Morgan fingerprint density at radius 1 is 1.16 bits per heavy atom. The molecule has 1 N–H and O–H groups in total. The molecule has 2 aromatic carbocycles. The van der Waals surface area contributed by atoms with Gasteiger partial charge in [0.05, 0.1) is 7.11 Å². The van der Waals surface area contributed by atoms with Gasteiger partial charge in [0.1, 0.15) is 11.6 Å². The summed E-state index contributed by atoms with van der Waals surface area (Å²) < 4.78 is 5.04. The second-order valence-electron chi connectivity index (χ2n) is 6.76. The quantitative estimate of drug-likeness (QED) is 0.508. The van der Waals surface area contributed by atoms with E-state index in [1.54, 1.807) is 24.3 Å². The second kappa shape index (κ2) is 7.23. The number of carbonyl (C=O) groups is 1. The topological polar surface area (TPSA) is 70.3 Å². The molecule has 0 spiro atoms. The van der Waals surface area contributed by atoms with Crippen molar-refractivity contribution in [3.63, 3.8) is 0 Å². The molecule has 0 aromatic heterocycles. The van der Waals surface area contributed by atoms with Gasteiger partial charge in [-0.3, -0.25) is 4.79 Å². The fourth-order valence-electron chi connectivity index (χ4n) is 2.38. The predicted octanol–water partition coefficient (Wildman–Crippen LogP) is 4.49. The number of Topliss-reactive ketones (excluding diaryl/α,β-unsaturated/α-hetero) is 1. The average Bonchev–Trinajstić information content (AvgIpc) is 2.59. The smallest absolute Gasteiger partial charge is 0.203 e. The minimum absolute atomic E-state index is 0.00192. The van der Waals surface area contributed by atoms with Crippen LogP contribution in [-0.4, -0.2) is 18.0 Å². The minimum atomic E-state index is -0.338. The van der Waals surface area contributed by atoms with Crippen LogP contribution in [0.25, 0.3) is 6.08 Å². The molecule has 0 aliphatic heterocycles. The van der Waals surface area contributed by atoms with Crippen LogP contribution in [-0.2, 0) is 5.41 Å². The lowest BCUT2D eigenvalue weighted by Gasteiger charge is -2.18. The van der Waals surface area contributed by atoms with Gasteiger partial charge in [0.2, 0.25) is 5.78 Å². The molecular weight excluding hydrogens is 314 g/mol. The Balaban J connectivity index is 2.34. The van der Waals surface area contributed by atoms with Crippen LogP contribution in [0.3, 0.4) is 0 Å². The van der Waals surface area contributed by atoms with Gasteiger partial charge in [0.25, 0.3) is 0 Å². The number of phenols is 1. The van der Waals surface area contributed by atoms with Crippen molar-refractivity contribution in [2.75, 3.05) is 7.11 Å². The highest BCUT2D eigenvalue weighted by molar-refractivity contribution is 6.14. The molecule has 4 nitrogen and oxygen atoms in total. The van der Waals surface area contributed by atoms with Crippen molar-refractivity contribution in [1.29, 1.82) is 5.26 Å². The molecule has 0 saturated heterocycles. The van der Waals surface area contributed by atoms with Crippen molar-refractivity contribution in [1.82, 2.24) is 0 Å². The van der Waals surface area contributed by atoms with Gasteiger partial charge in [-0.15, -0.1) is 0 Å². The SMILES string of the molecule is COc1cc(/C=C(\C#N)C(=O)c2ccc(C(C)(C)C)cc2)ccc1O. The van der Waals surface area contributed by atoms with Crippen LogP contribution >= 0.6 is 0 Å². The van der Waals surface area contributed by atoms with Gasteiger partial charge in [0.15, 0.2) is 11.5 Å². The summed E-state index contributed by atoms with van der Waals surface area (Å²) in [6.07, 6.45) is 1.49. The van der Waals surface area contributed by atoms with E-state index in [-0.39, 0.29) is 28.3 Å². The number of nitrogens with zero attached hydrogens (tertiary/aromatic N) is 1. The third kappa shape index (κ3) is 4.27. The van der Waals surface area contributed by atoms with Crippen LogP contribution in [0.5, 0.6) is 11.5 Å². The first-order valence-electron chi connectivity index (χ1n) is 7.90. The molecule has 128 valence electrons. The van der Waals surface area contributed by atoms with E-state index in [1.165, 1.54) is 19.3 Å². The molecular formula is C21H21NO3. The first kappa shape index (κ1) is 18.3. The maximum atomic E-state index is 12.6. The molecule has 2 aromatic rings. The molecule has 0 bridgehead atoms. The van der Waals surface area contributed by atoms with Crippen molar-refractivity contribution in [3.8, 4) is 17.6 Å². The molecule has 4 heteroatoms. The van der Waals surface area contributed by atoms with E-state index in [1.807, 2.05) is 18.2 Å². The fraction of sp³-hybridized carbons (Fsp3) is 0.238. The Bertz CT molecular complexity index is 850. The number of allylic oxidation sites excluding steroid dienone is 1. The number of ketones is 1. The number of benzene rings is 2. The van der Waals surface area contributed by atoms with Gasteiger partial charge in [0, 0.05) is 5.56 Å². The van der Waals surface area contributed by atoms with E-state index in [2.05, 4.69) is 20.8 Å². The number of methoxy groups -OCH3 is 1. The van der Waals surface area contributed by atoms with Gasteiger partial charge in [-0.2, -0.15) is 5.26 Å². The summed E-state index contributed by atoms with van der Waals surface area (Å²) in [5, 5.41) is 19.0. The van der Waals surface area contributed by atoms with Crippen molar-refractivity contribution < 1.29 is 14.6 Å². The van der Waals surface area contributed by atoms with Crippen LogP contribution < -0.4 is 4.74 Å². The zero-order valence-corrected chi connectivity index (χ0v) is 14.8. The third-order valence-corrected chi connectivity index (χ3v) is 3.89. The van der Waals surface area contributed by atoms with Crippen LogP contribution in [0.2, 0.25) is 0 Å². The van der Waals surface area contributed by atoms with Gasteiger partial charge < -0.3 is 9.84 Å². The molecule has 0 fully saturated rings. The number of aromatic hydroxyl groups is 1. The molecule has 25 heavy (non-hydrogen) atoms. The van der Waals surface area contributed by atoms with E-state index in [9.17, 15) is 15.2 Å². The number of hydrogen-bond donors (Lipinski definition) is 1. The summed E-state index contributed by atoms with van der Waals surface area (Å²) in [4.78, 5) is 12.6. The lowest BCUT2D eigenvalue weighted by molar-refractivity contribution is 0.104. The summed E-state index contributed by atoms with van der Waals surface area (Å²) in [5.41, 5.74) is 2.21. The normalized spacial score (nSPS) is 11.7. The highest BCUT2D eigenvalue weighted by Crippen LogP contribution is 2.28. The number of ether oxygens (including phenoxy) is 1. The highest BCUT2D eigenvalue weighted by Gasteiger charge is 2.16. The zero-order chi connectivity index (χ0) is 18.6. The highest BCUT2D eigenvalue weighted by atomic mass is 16.5.